The monoisotopic (exact) mass is 910 g/mol. The van der Waals surface area contributed by atoms with Crippen LogP contribution in [0.25, 0.3) is 146 Å². The number of hydrogen-bond acceptors (Lipinski definition) is 4. The van der Waals surface area contributed by atoms with E-state index >= 15 is 0 Å². The van der Waals surface area contributed by atoms with E-state index in [0.717, 1.165) is 109 Å². The second kappa shape index (κ2) is 14.3. The van der Waals surface area contributed by atoms with Gasteiger partial charge in [-0.15, -0.1) is 11.3 Å². The van der Waals surface area contributed by atoms with Crippen molar-refractivity contribution < 1.29 is 8.83 Å². The van der Waals surface area contributed by atoms with Gasteiger partial charge < -0.3 is 18.0 Å². The highest BCUT2D eigenvalue weighted by atomic mass is 32.1. The third kappa shape index (κ3) is 5.03. The molecule has 6 nitrogen and oxygen atoms in total. The molecule has 15 rings (SSSR count). The Morgan fingerprint density at radius 1 is 0.486 bits per heavy atom. The standard InChI is InChI=1S/C63H34N4O2S/c1-35-16-15-24-48-52(35)46-33-32-45-40-23-11-14-27-51(40)70-63(45)59(46)66(48)56-47(34-64)53(36-17-5-3-6-18-36)55(65-2)60(54(56)37-19-7-4-8-20-37)67-57-41(28-30-43-38-21-9-12-25-49(38)68-61(43)57)42-29-31-44-39-22-10-13-26-50(39)69-62(44)58(42)67/h3-33H,1H3. The van der Waals surface area contributed by atoms with E-state index in [1.165, 1.54) is 10.1 Å². The van der Waals surface area contributed by atoms with Crippen LogP contribution in [0, 0.1) is 24.8 Å². The highest BCUT2D eigenvalue weighted by Gasteiger charge is 2.34. The third-order valence-corrected chi connectivity index (χ3v) is 15.7. The van der Waals surface area contributed by atoms with Crippen LogP contribution in [0.3, 0.4) is 0 Å². The van der Waals surface area contributed by atoms with Crippen LogP contribution < -0.4 is 0 Å². The van der Waals surface area contributed by atoms with Gasteiger partial charge in [-0.05, 0) is 60.0 Å². The van der Waals surface area contributed by atoms with Crippen LogP contribution in [0.15, 0.2) is 197 Å². The highest BCUT2D eigenvalue weighted by molar-refractivity contribution is 7.26. The molecule has 0 spiro atoms. The highest BCUT2D eigenvalue weighted by Crippen LogP contribution is 2.55. The summed E-state index contributed by atoms with van der Waals surface area (Å²) in [4.78, 5) is 4.61. The predicted octanol–water partition coefficient (Wildman–Crippen LogP) is 18.1. The molecule has 0 amide bonds. The van der Waals surface area contributed by atoms with Crippen LogP contribution in [-0.2, 0) is 0 Å². The number of aromatic nitrogens is 2. The van der Waals surface area contributed by atoms with E-state index in [1.54, 1.807) is 11.3 Å². The molecule has 0 radical (unpaired) electrons. The average molecular weight is 911 g/mol. The van der Waals surface area contributed by atoms with Gasteiger partial charge in [0.15, 0.2) is 11.2 Å². The maximum absolute atomic E-state index is 12.1. The van der Waals surface area contributed by atoms with E-state index in [2.05, 4.69) is 130 Å². The van der Waals surface area contributed by atoms with Crippen molar-refractivity contribution in [2.75, 3.05) is 0 Å². The first-order valence-electron chi connectivity index (χ1n) is 23.3. The summed E-state index contributed by atoms with van der Waals surface area (Å²) in [5.74, 6) is 0. The Labute approximate surface area is 403 Å². The van der Waals surface area contributed by atoms with Crippen LogP contribution in [0.2, 0.25) is 0 Å². The van der Waals surface area contributed by atoms with Gasteiger partial charge in [-0.3, -0.25) is 0 Å². The number of aryl methyl sites for hydroxylation is 1. The topological polar surface area (TPSA) is 64.3 Å². The molecule has 0 saturated heterocycles. The van der Waals surface area contributed by atoms with Gasteiger partial charge in [0.25, 0.3) is 0 Å². The number of fused-ring (bicyclic) bond motifs is 18. The lowest BCUT2D eigenvalue weighted by Crippen LogP contribution is -2.09. The summed E-state index contributed by atoms with van der Waals surface area (Å²) < 4.78 is 21.0. The van der Waals surface area contributed by atoms with Crippen LogP contribution in [0.5, 0.6) is 0 Å². The number of hydrogen-bond donors (Lipinski definition) is 0. The molecule has 15 aromatic rings. The van der Waals surface area contributed by atoms with Crippen LogP contribution in [0.4, 0.5) is 5.69 Å². The zero-order valence-corrected chi connectivity index (χ0v) is 38.2. The Morgan fingerprint density at radius 2 is 1.03 bits per heavy atom. The van der Waals surface area contributed by atoms with Crippen LogP contribution in [0.1, 0.15) is 11.1 Å². The fourth-order valence-corrected chi connectivity index (χ4v) is 12.9. The number of rotatable bonds is 4. The molecule has 0 fully saturated rings. The molecule has 0 N–H and O–H groups in total. The molecule has 0 aliphatic rings. The predicted molar refractivity (Wildman–Crippen MR) is 289 cm³/mol. The maximum Gasteiger partial charge on any atom is 0.220 e. The van der Waals surface area contributed by atoms with Crippen molar-refractivity contribution in [3.8, 4) is 39.7 Å². The summed E-state index contributed by atoms with van der Waals surface area (Å²) in [6.07, 6.45) is 0. The van der Waals surface area contributed by atoms with E-state index in [4.69, 9.17) is 8.83 Å². The second-order valence-electron chi connectivity index (χ2n) is 18.1. The van der Waals surface area contributed by atoms with E-state index in [0.29, 0.717) is 39.4 Å². The Kier molecular flexibility index (Phi) is 7.91. The van der Waals surface area contributed by atoms with Crippen molar-refractivity contribution in [1.29, 1.82) is 5.26 Å². The first-order chi connectivity index (χ1) is 34.6. The lowest BCUT2D eigenvalue weighted by Gasteiger charge is -2.26. The van der Waals surface area contributed by atoms with Gasteiger partial charge >= 0.3 is 0 Å². The first kappa shape index (κ1) is 38.7. The average Bonchev–Trinajstić information content (AvgIpc) is 4.23. The van der Waals surface area contributed by atoms with Crippen molar-refractivity contribution in [3.63, 3.8) is 0 Å². The third-order valence-electron chi connectivity index (χ3n) is 14.5. The molecule has 0 saturated carbocycles. The minimum absolute atomic E-state index is 0.342. The van der Waals surface area contributed by atoms with E-state index in [9.17, 15) is 11.8 Å². The van der Waals surface area contributed by atoms with Crippen LogP contribution >= 0.6 is 11.3 Å². The molecule has 324 valence electrons. The van der Waals surface area contributed by atoms with Crippen molar-refractivity contribution >= 4 is 125 Å². The van der Waals surface area contributed by atoms with Gasteiger partial charge in [0, 0.05) is 69.7 Å². The smallest absolute Gasteiger partial charge is 0.220 e. The van der Waals surface area contributed by atoms with Crippen molar-refractivity contribution in [2.45, 2.75) is 6.92 Å². The van der Waals surface area contributed by atoms with Gasteiger partial charge in [-0.25, -0.2) is 4.85 Å². The number of furan rings is 2. The Balaban J connectivity index is 1.27. The Morgan fingerprint density at radius 3 is 1.66 bits per heavy atom. The molecular formula is C63H34N4O2S. The van der Waals surface area contributed by atoms with Gasteiger partial charge in [0.05, 0.1) is 50.3 Å². The molecule has 10 aromatic carbocycles. The molecule has 0 aliphatic carbocycles. The quantitative estimate of drug-likeness (QED) is 0.165. The minimum Gasteiger partial charge on any atom is -0.454 e. The van der Waals surface area contributed by atoms with Crippen molar-refractivity contribution in [2.24, 2.45) is 0 Å². The molecule has 5 heterocycles. The van der Waals surface area contributed by atoms with Gasteiger partial charge in [0.2, 0.25) is 5.69 Å². The zero-order chi connectivity index (χ0) is 46.4. The molecule has 0 bridgehead atoms. The second-order valence-corrected chi connectivity index (χ2v) is 19.1. The SMILES string of the molecule is [C-]#[N+]c1c(-c2ccccc2)c(C#N)c(-n2c3cccc(C)c3c3ccc4c5ccccc5sc4c32)c(-c2ccccc2)c1-n1c2c(ccc3c4ccccc4oc32)c2ccc3c4ccccc4oc3c21. The molecule has 7 heteroatoms. The van der Waals surface area contributed by atoms with E-state index < -0.39 is 0 Å². The van der Waals surface area contributed by atoms with E-state index in [1.807, 2.05) is 84.9 Å². The fourth-order valence-electron chi connectivity index (χ4n) is 11.6. The lowest BCUT2D eigenvalue weighted by atomic mass is 9.88. The van der Waals surface area contributed by atoms with Crippen molar-refractivity contribution in [3.05, 3.63) is 211 Å². The summed E-state index contributed by atoms with van der Waals surface area (Å²) in [5, 5.41) is 22.4. The number of para-hydroxylation sites is 2. The molecule has 0 aliphatic heterocycles. The largest absolute Gasteiger partial charge is 0.454 e. The Bertz CT molecular complexity index is 4730. The van der Waals surface area contributed by atoms with Crippen molar-refractivity contribution in [1.82, 2.24) is 9.13 Å². The molecule has 0 unspecified atom stereocenters. The summed E-state index contributed by atoms with van der Waals surface area (Å²) in [6, 6.07) is 67.6. The van der Waals surface area contributed by atoms with Crippen LogP contribution in [-0.4, -0.2) is 9.13 Å². The number of thiophene rings is 1. The number of nitrogens with zero attached hydrogens (tertiary/aromatic N) is 4. The molecule has 70 heavy (non-hydrogen) atoms. The first-order valence-corrected chi connectivity index (χ1v) is 24.1. The van der Waals surface area contributed by atoms with Gasteiger partial charge in [-0.1, -0.05) is 152 Å². The van der Waals surface area contributed by atoms with E-state index in [-0.39, 0.29) is 0 Å². The maximum atomic E-state index is 12.1. The Hall–Kier alpha value is -9.40. The molecule has 5 aromatic heterocycles. The summed E-state index contributed by atoms with van der Waals surface area (Å²) in [7, 11) is 0. The number of nitriles is 1. The van der Waals surface area contributed by atoms with Gasteiger partial charge in [-0.2, -0.15) is 5.26 Å². The minimum atomic E-state index is 0.342. The summed E-state index contributed by atoms with van der Waals surface area (Å²) in [5.41, 5.74) is 12.6. The number of benzene rings is 10. The molecule has 0 atom stereocenters. The summed E-state index contributed by atoms with van der Waals surface area (Å²) in [6.45, 7) is 11.7. The fraction of sp³-hybridized carbons (Fsp3) is 0.0159. The lowest BCUT2D eigenvalue weighted by molar-refractivity contribution is 0.669. The normalized spacial score (nSPS) is 12.0. The summed E-state index contributed by atoms with van der Waals surface area (Å²) >= 11 is 1.77. The van der Waals surface area contributed by atoms with Gasteiger partial charge in [0.1, 0.15) is 17.2 Å². The molecular weight excluding hydrogens is 877 g/mol. The zero-order valence-electron chi connectivity index (χ0n) is 37.4.